The summed E-state index contributed by atoms with van der Waals surface area (Å²) in [5, 5.41) is 10.3. The fourth-order valence-corrected chi connectivity index (χ4v) is 3.14. The summed E-state index contributed by atoms with van der Waals surface area (Å²) in [6, 6.07) is 0.843. The van der Waals surface area contributed by atoms with Crippen molar-refractivity contribution in [1.29, 1.82) is 0 Å². The van der Waals surface area contributed by atoms with Crippen molar-refractivity contribution in [3.8, 4) is 0 Å². The van der Waals surface area contributed by atoms with E-state index >= 15 is 0 Å². The van der Waals surface area contributed by atoms with Gasteiger partial charge in [-0.3, -0.25) is 0 Å². The second kappa shape index (κ2) is 4.66. The summed E-state index contributed by atoms with van der Waals surface area (Å²) in [6.45, 7) is 9.01. The average Bonchev–Trinajstić information content (AvgIpc) is 3.01. The SMILES string of the molecule is CCCN(CC1CCC(C)(C)C1O)C1CC1. The Bertz CT molecular complexity index is 235. The Balaban J connectivity index is 1.88. The third-order valence-corrected chi connectivity index (χ3v) is 4.45. The van der Waals surface area contributed by atoms with Gasteiger partial charge in [-0.05, 0) is 50.0 Å². The van der Waals surface area contributed by atoms with Crippen LogP contribution in [0.2, 0.25) is 0 Å². The van der Waals surface area contributed by atoms with Crippen LogP contribution in [0.4, 0.5) is 0 Å². The molecule has 0 radical (unpaired) electrons. The van der Waals surface area contributed by atoms with Crippen molar-refractivity contribution in [3.05, 3.63) is 0 Å². The quantitative estimate of drug-likeness (QED) is 0.777. The maximum atomic E-state index is 10.3. The molecule has 0 spiro atoms. The number of nitrogens with zero attached hydrogens (tertiary/aromatic N) is 1. The lowest BCUT2D eigenvalue weighted by molar-refractivity contribution is 0.0315. The highest BCUT2D eigenvalue weighted by atomic mass is 16.3. The predicted molar refractivity (Wildman–Crippen MR) is 67.4 cm³/mol. The topological polar surface area (TPSA) is 23.5 Å². The second-order valence-corrected chi connectivity index (χ2v) is 6.46. The highest BCUT2D eigenvalue weighted by Gasteiger charge is 2.42. The van der Waals surface area contributed by atoms with Gasteiger partial charge in [0.2, 0.25) is 0 Å². The molecule has 2 aliphatic carbocycles. The summed E-state index contributed by atoms with van der Waals surface area (Å²) in [7, 11) is 0. The van der Waals surface area contributed by atoms with Crippen molar-refractivity contribution in [3.63, 3.8) is 0 Å². The zero-order valence-corrected chi connectivity index (χ0v) is 11.1. The first kappa shape index (κ1) is 12.4. The van der Waals surface area contributed by atoms with E-state index in [-0.39, 0.29) is 11.5 Å². The summed E-state index contributed by atoms with van der Waals surface area (Å²) in [5.74, 6) is 0.516. The van der Waals surface area contributed by atoms with E-state index in [0.29, 0.717) is 5.92 Å². The molecule has 0 aromatic rings. The van der Waals surface area contributed by atoms with E-state index in [9.17, 15) is 5.11 Å². The lowest BCUT2D eigenvalue weighted by Gasteiger charge is -2.30. The van der Waals surface area contributed by atoms with Gasteiger partial charge in [0.15, 0.2) is 0 Å². The minimum Gasteiger partial charge on any atom is -0.392 e. The van der Waals surface area contributed by atoms with Crippen molar-refractivity contribution < 1.29 is 5.11 Å². The van der Waals surface area contributed by atoms with Crippen LogP contribution < -0.4 is 0 Å². The zero-order valence-electron chi connectivity index (χ0n) is 11.1. The van der Waals surface area contributed by atoms with Crippen LogP contribution in [0.15, 0.2) is 0 Å². The van der Waals surface area contributed by atoms with Crippen molar-refractivity contribution in [1.82, 2.24) is 4.90 Å². The largest absolute Gasteiger partial charge is 0.392 e. The first-order valence-corrected chi connectivity index (χ1v) is 6.96. The van der Waals surface area contributed by atoms with E-state index in [1.807, 2.05) is 0 Å². The Morgan fingerprint density at radius 1 is 1.25 bits per heavy atom. The smallest absolute Gasteiger partial charge is 0.0631 e. The van der Waals surface area contributed by atoms with Crippen LogP contribution >= 0.6 is 0 Å². The summed E-state index contributed by atoms with van der Waals surface area (Å²) in [5.41, 5.74) is 0.145. The summed E-state index contributed by atoms with van der Waals surface area (Å²) >= 11 is 0. The number of hydrogen-bond donors (Lipinski definition) is 1. The molecule has 0 saturated heterocycles. The van der Waals surface area contributed by atoms with E-state index in [1.165, 1.54) is 38.6 Å². The molecule has 1 N–H and O–H groups in total. The Kier molecular flexibility index (Phi) is 3.60. The predicted octanol–water partition coefficient (Wildman–Crippen LogP) is 2.66. The van der Waals surface area contributed by atoms with E-state index in [2.05, 4.69) is 25.7 Å². The zero-order chi connectivity index (χ0) is 11.8. The number of aliphatic hydroxyl groups excluding tert-OH is 1. The van der Waals surface area contributed by atoms with Gasteiger partial charge in [0, 0.05) is 12.6 Å². The molecule has 16 heavy (non-hydrogen) atoms. The van der Waals surface area contributed by atoms with Gasteiger partial charge in [0.25, 0.3) is 0 Å². The third kappa shape index (κ3) is 2.60. The maximum Gasteiger partial charge on any atom is 0.0631 e. The molecule has 2 unspecified atom stereocenters. The molecular weight excluding hydrogens is 198 g/mol. The molecule has 2 aliphatic rings. The number of rotatable bonds is 5. The van der Waals surface area contributed by atoms with Crippen LogP contribution in [0.3, 0.4) is 0 Å². The average molecular weight is 225 g/mol. The summed E-state index contributed by atoms with van der Waals surface area (Å²) < 4.78 is 0. The molecule has 2 heteroatoms. The van der Waals surface area contributed by atoms with Gasteiger partial charge in [0.05, 0.1) is 6.10 Å². The normalized spacial score (nSPS) is 33.6. The number of aliphatic hydroxyl groups is 1. The molecule has 2 rings (SSSR count). The Hall–Kier alpha value is -0.0800. The van der Waals surface area contributed by atoms with E-state index in [1.54, 1.807) is 0 Å². The molecule has 2 fully saturated rings. The molecule has 2 atom stereocenters. The number of hydrogen-bond acceptors (Lipinski definition) is 2. The molecule has 0 heterocycles. The first-order chi connectivity index (χ1) is 7.54. The van der Waals surface area contributed by atoms with Crippen LogP contribution in [0.25, 0.3) is 0 Å². The highest BCUT2D eigenvalue weighted by Crippen LogP contribution is 2.42. The molecule has 0 aliphatic heterocycles. The third-order valence-electron chi connectivity index (χ3n) is 4.45. The van der Waals surface area contributed by atoms with Gasteiger partial charge in [0.1, 0.15) is 0 Å². The van der Waals surface area contributed by atoms with Crippen LogP contribution in [-0.2, 0) is 0 Å². The molecule has 2 saturated carbocycles. The minimum atomic E-state index is -0.0920. The van der Waals surface area contributed by atoms with Gasteiger partial charge in [-0.1, -0.05) is 20.8 Å². The van der Waals surface area contributed by atoms with Crippen LogP contribution in [0.5, 0.6) is 0 Å². The fraction of sp³-hybridized carbons (Fsp3) is 1.00. The molecule has 0 bridgehead atoms. The van der Waals surface area contributed by atoms with E-state index in [4.69, 9.17) is 0 Å². The monoisotopic (exact) mass is 225 g/mol. The second-order valence-electron chi connectivity index (χ2n) is 6.46. The lowest BCUT2D eigenvalue weighted by Crippen LogP contribution is -2.38. The Labute approximate surface area is 100 Å². The van der Waals surface area contributed by atoms with Crippen LogP contribution in [0, 0.1) is 11.3 Å². The Morgan fingerprint density at radius 3 is 2.38 bits per heavy atom. The van der Waals surface area contributed by atoms with Gasteiger partial charge >= 0.3 is 0 Å². The lowest BCUT2D eigenvalue weighted by atomic mass is 9.87. The molecule has 0 aromatic carbocycles. The van der Waals surface area contributed by atoms with E-state index < -0.39 is 0 Å². The highest BCUT2D eigenvalue weighted by molar-refractivity contribution is 4.94. The summed E-state index contributed by atoms with van der Waals surface area (Å²) in [6.07, 6.45) is 6.30. The van der Waals surface area contributed by atoms with E-state index in [0.717, 1.165) is 12.6 Å². The van der Waals surface area contributed by atoms with Crippen molar-refractivity contribution in [2.24, 2.45) is 11.3 Å². The van der Waals surface area contributed by atoms with Gasteiger partial charge in [-0.25, -0.2) is 0 Å². The summed E-state index contributed by atoms with van der Waals surface area (Å²) in [4.78, 5) is 2.62. The van der Waals surface area contributed by atoms with Crippen LogP contribution in [0.1, 0.15) is 52.9 Å². The standard InChI is InChI=1S/C14H27NO/c1-4-9-15(12-5-6-12)10-11-7-8-14(2,3)13(11)16/h11-13,16H,4-10H2,1-3H3. The molecule has 0 amide bonds. The minimum absolute atomic E-state index is 0.0920. The molecule has 94 valence electrons. The van der Waals surface area contributed by atoms with Crippen molar-refractivity contribution in [2.45, 2.75) is 65.0 Å². The molecule has 2 nitrogen and oxygen atoms in total. The van der Waals surface area contributed by atoms with Gasteiger partial charge in [-0.2, -0.15) is 0 Å². The van der Waals surface area contributed by atoms with Gasteiger partial charge in [-0.15, -0.1) is 0 Å². The molecule has 0 aromatic heterocycles. The van der Waals surface area contributed by atoms with Crippen molar-refractivity contribution in [2.75, 3.05) is 13.1 Å². The van der Waals surface area contributed by atoms with Gasteiger partial charge < -0.3 is 10.0 Å². The van der Waals surface area contributed by atoms with Crippen molar-refractivity contribution >= 4 is 0 Å². The van der Waals surface area contributed by atoms with Crippen LogP contribution in [-0.4, -0.2) is 35.2 Å². The molecular formula is C14H27NO. The Morgan fingerprint density at radius 2 is 1.94 bits per heavy atom. The fourth-order valence-electron chi connectivity index (χ4n) is 3.14. The maximum absolute atomic E-state index is 10.3. The first-order valence-electron chi connectivity index (χ1n) is 6.96.